The fourth-order valence-electron chi connectivity index (χ4n) is 1.40. The zero-order chi connectivity index (χ0) is 12.8. The van der Waals surface area contributed by atoms with Crippen LogP contribution < -0.4 is 5.32 Å². The zero-order valence-electron chi connectivity index (χ0n) is 9.73. The van der Waals surface area contributed by atoms with Crippen LogP contribution in [0.25, 0.3) is 0 Å². The highest BCUT2D eigenvalue weighted by molar-refractivity contribution is 7.98. The number of carboxylic acids is 1. The van der Waals surface area contributed by atoms with Crippen molar-refractivity contribution >= 4 is 34.2 Å². The monoisotopic (exact) mass is 273 g/mol. The Balaban J connectivity index is 2.90. The molecule has 0 aliphatic rings. The minimum Gasteiger partial charge on any atom is -0.478 e. The quantitative estimate of drug-likeness (QED) is 0.775. The normalized spacial score (nSPS) is 12.1. The fourth-order valence-corrected chi connectivity index (χ4v) is 2.40. The Bertz CT molecular complexity index is 435. The molecule has 1 aromatic carbocycles. The molecule has 1 aromatic rings. The van der Waals surface area contributed by atoms with E-state index in [0.29, 0.717) is 18.0 Å². The molecule has 94 valence electrons. The van der Waals surface area contributed by atoms with E-state index in [9.17, 15) is 14.1 Å². The van der Waals surface area contributed by atoms with E-state index in [1.165, 1.54) is 11.8 Å². The molecule has 2 N–H and O–H groups in total. The molecule has 0 saturated heterocycles. The van der Waals surface area contributed by atoms with Crippen molar-refractivity contribution in [2.75, 3.05) is 30.1 Å². The highest BCUT2D eigenvalue weighted by atomic mass is 32.2. The predicted molar refractivity (Wildman–Crippen MR) is 72.6 cm³/mol. The fraction of sp³-hybridized carbons (Fsp3) is 0.364. The first-order chi connectivity index (χ1) is 8.06. The summed E-state index contributed by atoms with van der Waals surface area (Å²) < 4.78 is 10.9. The second kappa shape index (κ2) is 6.66. The summed E-state index contributed by atoms with van der Waals surface area (Å²) in [5, 5.41) is 12.2. The van der Waals surface area contributed by atoms with Gasteiger partial charge in [0.15, 0.2) is 0 Å². The molecule has 17 heavy (non-hydrogen) atoms. The molecule has 1 atom stereocenters. The van der Waals surface area contributed by atoms with Crippen molar-refractivity contribution in [1.82, 2.24) is 0 Å². The molecular weight excluding hydrogens is 258 g/mol. The number of benzene rings is 1. The number of carboxylic acid groups (broad SMARTS) is 1. The van der Waals surface area contributed by atoms with Crippen molar-refractivity contribution < 1.29 is 14.1 Å². The predicted octanol–water partition coefficient (Wildman–Crippen LogP) is 1.90. The Morgan fingerprint density at radius 3 is 2.76 bits per heavy atom. The SMILES string of the molecule is CSc1cccc(NCCS(C)=O)c1C(=O)O. The summed E-state index contributed by atoms with van der Waals surface area (Å²) >= 11 is 1.40. The molecule has 0 aliphatic carbocycles. The molecule has 1 rings (SSSR count). The van der Waals surface area contributed by atoms with E-state index < -0.39 is 16.8 Å². The molecule has 4 nitrogen and oxygen atoms in total. The lowest BCUT2D eigenvalue weighted by molar-refractivity contribution is 0.0694. The lowest BCUT2D eigenvalue weighted by Crippen LogP contribution is -2.13. The molecule has 6 heteroatoms. The van der Waals surface area contributed by atoms with Gasteiger partial charge in [0.1, 0.15) is 0 Å². The smallest absolute Gasteiger partial charge is 0.338 e. The van der Waals surface area contributed by atoms with Gasteiger partial charge < -0.3 is 10.4 Å². The van der Waals surface area contributed by atoms with Crippen LogP contribution in [0, 0.1) is 0 Å². The Morgan fingerprint density at radius 1 is 1.53 bits per heavy atom. The molecule has 0 spiro atoms. The first kappa shape index (κ1) is 14.1. The van der Waals surface area contributed by atoms with Gasteiger partial charge in [-0.2, -0.15) is 0 Å². The van der Waals surface area contributed by atoms with Gasteiger partial charge in [-0.1, -0.05) is 6.07 Å². The molecule has 0 fully saturated rings. The van der Waals surface area contributed by atoms with E-state index in [0.717, 1.165) is 4.90 Å². The lowest BCUT2D eigenvalue weighted by atomic mass is 10.2. The van der Waals surface area contributed by atoms with Crippen LogP contribution in [0.2, 0.25) is 0 Å². The van der Waals surface area contributed by atoms with Crippen molar-refractivity contribution in [2.45, 2.75) is 4.90 Å². The number of rotatable bonds is 6. The third-order valence-electron chi connectivity index (χ3n) is 2.16. The van der Waals surface area contributed by atoms with Gasteiger partial charge in [-0.15, -0.1) is 11.8 Å². The zero-order valence-corrected chi connectivity index (χ0v) is 11.4. The molecule has 0 radical (unpaired) electrons. The van der Waals surface area contributed by atoms with Gasteiger partial charge in [0.05, 0.1) is 5.56 Å². The van der Waals surface area contributed by atoms with Crippen molar-refractivity contribution in [2.24, 2.45) is 0 Å². The van der Waals surface area contributed by atoms with E-state index >= 15 is 0 Å². The average Bonchev–Trinajstić information content (AvgIpc) is 2.27. The van der Waals surface area contributed by atoms with Crippen molar-refractivity contribution in [3.8, 4) is 0 Å². The second-order valence-electron chi connectivity index (χ2n) is 3.39. The van der Waals surface area contributed by atoms with E-state index in [2.05, 4.69) is 5.32 Å². The number of aromatic carboxylic acids is 1. The molecule has 0 saturated carbocycles. The van der Waals surface area contributed by atoms with Crippen LogP contribution in [0.15, 0.2) is 23.1 Å². The highest BCUT2D eigenvalue weighted by Gasteiger charge is 2.14. The van der Waals surface area contributed by atoms with Gasteiger partial charge >= 0.3 is 5.97 Å². The third kappa shape index (κ3) is 4.05. The third-order valence-corrected chi connectivity index (χ3v) is 3.72. The number of nitrogens with one attached hydrogen (secondary N) is 1. The van der Waals surface area contributed by atoms with Gasteiger partial charge in [0.2, 0.25) is 0 Å². The summed E-state index contributed by atoms with van der Waals surface area (Å²) in [4.78, 5) is 11.9. The minimum atomic E-state index is -0.949. The molecule has 0 bridgehead atoms. The standard InChI is InChI=1S/C11H15NO3S2/c1-16-9-5-3-4-8(10(9)11(13)14)12-6-7-17(2)15/h3-5,12H,6-7H2,1-2H3,(H,13,14). The van der Waals surface area contributed by atoms with Crippen LogP contribution in [0.5, 0.6) is 0 Å². The van der Waals surface area contributed by atoms with Gasteiger partial charge in [-0.3, -0.25) is 4.21 Å². The van der Waals surface area contributed by atoms with E-state index in [-0.39, 0.29) is 5.56 Å². The van der Waals surface area contributed by atoms with Crippen LogP contribution in [-0.2, 0) is 10.8 Å². The lowest BCUT2D eigenvalue weighted by Gasteiger charge is -2.11. The van der Waals surface area contributed by atoms with Crippen LogP contribution in [0.1, 0.15) is 10.4 Å². The Labute approximate surface area is 107 Å². The second-order valence-corrected chi connectivity index (χ2v) is 5.79. The van der Waals surface area contributed by atoms with Crippen molar-refractivity contribution in [3.63, 3.8) is 0 Å². The van der Waals surface area contributed by atoms with Crippen LogP contribution in [0.4, 0.5) is 5.69 Å². The first-order valence-electron chi connectivity index (χ1n) is 5.00. The number of thioether (sulfide) groups is 1. The minimum absolute atomic E-state index is 0.280. The number of hydrogen-bond donors (Lipinski definition) is 2. The number of hydrogen-bond acceptors (Lipinski definition) is 4. The number of anilines is 1. The molecular formula is C11H15NO3S2. The van der Waals surface area contributed by atoms with Gasteiger partial charge in [-0.25, -0.2) is 4.79 Å². The summed E-state index contributed by atoms with van der Waals surface area (Å²) in [6, 6.07) is 5.31. The van der Waals surface area contributed by atoms with Crippen molar-refractivity contribution in [3.05, 3.63) is 23.8 Å². The number of carbonyl (C=O) groups is 1. The van der Waals surface area contributed by atoms with E-state index in [1.54, 1.807) is 18.4 Å². The van der Waals surface area contributed by atoms with Gasteiger partial charge in [0, 0.05) is 39.9 Å². The molecule has 1 unspecified atom stereocenters. The van der Waals surface area contributed by atoms with Crippen LogP contribution in [-0.4, -0.2) is 40.1 Å². The maximum Gasteiger partial charge on any atom is 0.338 e. The van der Waals surface area contributed by atoms with Crippen LogP contribution in [0.3, 0.4) is 0 Å². The summed E-state index contributed by atoms with van der Waals surface area (Å²) in [7, 11) is -0.879. The van der Waals surface area contributed by atoms with Crippen LogP contribution >= 0.6 is 11.8 Å². The first-order valence-corrected chi connectivity index (χ1v) is 7.95. The summed E-state index contributed by atoms with van der Waals surface area (Å²) in [6.07, 6.45) is 3.46. The molecule has 0 heterocycles. The average molecular weight is 273 g/mol. The topological polar surface area (TPSA) is 66.4 Å². The maximum absolute atomic E-state index is 11.2. The van der Waals surface area contributed by atoms with Gasteiger partial charge in [0.25, 0.3) is 0 Å². The van der Waals surface area contributed by atoms with E-state index in [4.69, 9.17) is 0 Å². The maximum atomic E-state index is 11.2. The Morgan fingerprint density at radius 2 is 2.24 bits per heavy atom. The van der Waals surface area contributed by atoms with Crippen molar-refractivity contribution in [1.29, 1.82) is 0 Å². The largest absolute Gasteiger partial charge is 0.478 e. The van der Waals surface area contributed by atoms with Gasteiger partial charge in [-0.05, 0) is 18.4 Å². The molecule has 0 aromatic heterocycles. The summed E-state index contributed by atoms with van der Waals surface area (Å²) in [6.45, 7) is 0.501. The Kier molecular flexibility index (Phi) is 5.50. The molecule has 0 amide bonds. The summed E-state index contributed by atoms with van der Waals surface area (Å²) in [5.41, 5.74) is 0.858. The Hall–Kier alpha value is -1.01. The van der Waals surface area contributed by atoms with E-state index in [1.807, 2.05) is 12.3 Å². The molecule has 0 aliphatic heterocycles. The highest BCUT2D eigenvalue weighted by Crippen LogP contribution is 2.26. The summed E-state index contributed by atoms with van der Waals surface area (Å²) in [5.74, 6) is -0.446.